The molecule has 11 heteroatoms. The quantitative estimate of drug-likeness (QED) is 0.534. The standard InChI is InChI=1S/C23H19F4N3O4/c1-33-18-8-7-12(9-19(18)34-2)16-10-14(13-5-3-4-6-15(13)28-16)21(31)30-23(32,22(26)27)11-17(29-30)20(24)25/h3-10,20,22,32H,11H2,1-2H3. The average Bonchev–Trinajstić information content (AvgIpc) is 3.21. The number of pyridine rings is 1. The number of aromatic nitrogens is 1. The highest BCUT2D eigenvalue weighted by Gasteiger charge is 2.53. The van der Waals surface area contributed by atoms with Gasteiger partial charge in [0, 0.05) is 17.4 Å². The number of aliphatic hydroxyl groups is 1. The summed E-state index contributed by atoms with van der Waals surface area (Å²) in [4.78, 5) is 17.9. The highest BCUT2D eigenvalue weighted by Crippen LogP contribution is 2.37. The lowest BCUT2D eigenvalue weighted by Crippen LogP contribution is -2.51. The van der Waals surface area contributed by atoms with Crippen LogP contribution in [-0.4, -0.2) is 59.5 Å². The maximum Gasteiger partial charge on any atom is 0.287 e. The molecule has 0 saturated heterocycles. The highest BCUT2D eigenvalue weighted by atomic mass is 19.3. The second kappa shape index (κ2) is 8.90. The van der Waals surface area contributed by atoms with Gasteiger partial charge < -0.3 is 14.6 Å². The minimum atomic E-state index is -3.53. The van der Waals surface area contributed by atoms with Gasteiger partial charge in [0.25, 0.3) is 18.8 Å². The van der Waals surface area contributed by atoms with Crippen LogP contribution in [0.25, 0.3) is 22.2 Å². The zero-order chi connectivity index (χ0) is 24.6. The summed E-state index contributed by atoms with van der Waals surface area (Å²) in [5, 5.41) is 14.1. The maximum atomic E-state index is 13.7. The molecule has 1 atom stereocenters. The maximum absolute atomic E-state index is 13.7. The van der Waals surface area contributed by atoms with Crippen molar-refractivity contribution in [3.8, 4) is 22.8 Å². The molecule has 1 aliphatic rings. The van der Waals surface area contributed by atoms with Gasteiger partial charge in [-0.3, -0.25) is 4.79 Å². The van der Waals surface area contributed by atoms with E-state index in [1.165, 1.54) is 26.4 Å². The second-order valence-electron chi connectivity index (χ2n) is 7.51. The van der Waals surface area contributed by atoms with Crippen LogP contribution in [0.5, 0.6) is 11.5 Å². The molecule has 0 bridgehead atoms. The summed E-state index contributed by atoms with van der Waals surface area (Å²) >= 11 is 0. The number of carbonyl (C=O) groups excluding carboxylic acids is 1. The molecular formula is C23H19F4N3O4. The lowest BCUT2D eigenvalue weighted by molar-refractivity contribution is -0.164. The van der Waals surface area contributed by atoms with E-state index in [4.69, 9.17) is 9.47 Å². The number of para-hydroxylation sites is 1. The zero-order valence-electron chi connectivity index (χ0n) is 18.0. The van der Waals surface area contributed by atoms with Gasteiger partial charge in [-0.1, -0.05) is 18.2 Å². The predicted molar refractivity (Wildman–Crippen MR) is 115 cm³/mol. The fraction of sp³-hybridized carbons (Fsp3) is 0.261. The molecule has 0 spiro atoms. The molecule has 2 heterocycles. The first-order valence-electron chi connectivity index (χ1n) is 10.0. The number of carbonyl (C=O) groups is 1. The van der Waals surface area contributed by atoms with Crippen molar-refractivity contribution in [2.75, 3.05) is 14.2 Å². The van der Waals surface area contributed by atoms with Crippen LogP contribution in [0.3, 0.4) is 0 Å². The molecule has 178 valence electrons. The largest absolute Gasteiger partial charge is 0.493 e. The molecular weight excluding hydrogens is 458 g/mol. The monoisotopic (exact) mass is 477 g/mol. The number of hydrazone groups is 1. The molecule has 1 amide bonds. The summed E-state index contributed by atoms with van der Waals surface area (Å²) in [6.07, 6.45) is -7.91. The second-order valence-corrected chi connectivity index (χ2v) is 7.51. The lowest BCUT2D eigenvalue weighted by Gasteiger charge is -2.30. The summed E-state index contributed by atoms with van der Waals surface area (Å²) in [7, 11) is 2.92. The third-order valence-electron chi connectivity index (χ3n) is 5.46. The fourth-order valence-electron chi connectivity index (χ4n) is 3.71. The van der Waals surface area contributed by atoms with Gasteiger partial charge in [-0.15, -0.1) is 0 Å². The smallest absolute Gasteiger partial charge is 0.287 e. The zero-order valence-corrected chi connectivity index (χ0v) is 18.0. The van der Waals surface area contributed by atoms with Gasteiger partial charge in [-0.05, 0) is 30.3 Å². The van der Waals surface area contributed by atoms with Gasteiger partial charge in [0.05, 0.1) is 31.0 Å². The number of fused-ring (bicyclic) bond motifs is 1. The number of methoxy groups -OCH3 is 2. The molecule has 1 aromatic heterocycles. The van der Waals surface area contributed by atoms with Crippen molar-refractivity contribution in [1.82, 2.24) is 9.99 Å². The summed E-state index contributed by atoms with van der Waals surface area (Å²) in [5.74, 6) is -0.323. The van der Waals surface area contributed by atoms with Crippen molar-refractivity contribution in [3.05, 3.63) is 54.1 Å². The molecule has 0 radical (unpaired) electrons. The van der Waals surface area contributed by atoms with E-state index in [9.17, 15) is 27.5 Å². The van der Waals surface area contributed by atoms with Gasteiger partial charge in [0.2, 0.25) is 5.72 Å². The number of ether oxygens (including phenoxy) is 2. The number of amides is 1. The van der Waals surface area contributed by atoms with E-state index in [-0.39, 0.29) is 21.7 Å². The topological polar surface area (TPSA) is 84.2 Å². The van der Waals surface area contributed by atoms with Gasteiger partial charge >= 0.3 is 0 Å². The molecule has 0 aliphatic carbocycles. The molecule has 7 nitrogen and oxygen atoms in total. The summed E-state index contributed by atoms with van der Waals surface area (Å²) in [6, 6.07) is 12.6. The molecule has 0 saturated carbocycles. The van der Waals surface area contributed by atoms with E-state index in [0.717, 1.165) is 0 Å². The Labute approximate surface area is 191 Å². The molecule has 34 heavy (non-hydrogen) atoms. The van der Waals surface area contributed by atoms with Gasteiger partial charge in [0.1, 0.15) is 5.71 Å². The fourth-order valence-corrected chi connectivity index (χ4v) is 3.71. The van der Waals surface area contributed by atoms with Crippen molar-refractivity contribution in [1.29, 1.82) is 0 Å². The Kier molecular flexibility index (Phi) is 6.13. The molecule has 0 fully saturated rings. The molecule has 1 unspecified atom stereocenters. The Balaban J connectivity index is 1.88. The van der Waals surface area contributed by atoms with Gasteiger partial charge in [0.15, 0.2) is 11.5 Å². The van der Waals surface area contributed by atoms with Gasteiger partial charge in [-0.25, -0.2) is 22.5 Å². The van der Waals surface area contributed by atoms with Crippen LogP contribution in [-0.2, 0) is 0 Å². The van der Waals surface area contributed by atoms with Crippen LogP contribution < -0.4 is 9.47 Å². The van der Waals surface area contributed by atoms with E-state index >= 15 is 0 Å². The summed E-state index contributed by atoms with van der Waals surface area (Å²) in [6.45, 7) is 0. The first-order chi connectivity index (χ1) is 16.2. The Morgan fingerprint density at radius 2 is 1.76 bits per heavy atom. The average molecular weight is 477 g/mol. The van der Waals surface area contributed by atoms with E-state index in [2.05, 4.69) is 10.1 Å². The number of halogens is 4. The van der Waals surface area contributed by atoms with E-state index < -0.39 is 36.6 Å². The van der Waals surface area contributed by atoms with Crippen molar-refractivity contribution in [3.63, 3.8) is 0 Å². The SMILES string of the molecule is COc1ccc(-c2cc(C(=O)N3N=C(C(F)F)CC3(O)C(F)F)c3ccccc3n2)cc1OC. The highest BCUT2D eigenvalue weighted by molar-refractivity contribution is 6.08. The number of rotatable bonds is 6. The lowest BCUT2D eigenvalue weighted by atomic mass is 10.0. The predicted octanol–water partition coefficient (Wildman–Crippen LogP) is 4.34. The summed E-state index contributed by atoms with van der Waals surface area (Å²) < 4.78 is 64.3. The van der Waals surface area contributed by atoms with E-state index in [0.29, 0.717) is 22.6 Å². The Bertz CT molecular complexity index is 1280. The molecule has 2 aromatic carbocycles. The molecule has 3 aromatic rings. The number of hydrogen-bond donors (Lipinski definition) is 1. The third kappa shape index (κ3) is 3.92. The van der Waals surface area contributed by atoms with Crippen LogP contribution in [0.1, 0.15) is 16.8 Å². The summed E-state index contributed by atoms with van der Waals surface area (Å²) in [5.41, 5.74) is -3.21. The van der Waals surface area contributed by atoms with Crippen molar-refractivity contribution < 1.29 is 36.9 Å². The third-order valence-corrected chi connectivity index (χ3v) is 5.46. The van der Waals surface area contributed by atoms with Crippen LogP contribution >= 0.6 is 0 Å². The van der Waals surface area contributed by atoms with Crippen LogP contribution in [0, 0.1) is 0 Å². The van der Waals surface area contributed by atoms with Crippen LogP contribution in [0.15, 0.2) is 53.6 Å². The molecule has 4 rings (SSSR count). The van der Waals surface area contributed by atoms with Crippen LogP contribution in [0.4, 0.5) is 17.6 Å². The Hall–Kier alpha value is -3.73. The first-order valence-corrected chi connectivity index (χ1v) is 10.0. The van der Waals surface area contributed by atoms with Crippen LogP contribution in [0.2, 0.25) is 0 Å². The normalized spacial score (nSPS) is 18.0. The minimum absolute atomic E-state index is 0.0410. The number of benzene rings is 2. The van der Waals surface area contributed by atoms with Gasteiger partial charge in [-0.2, -0.15) is 10.1 Å². The molecule has 1 N–H and O–H groups in total. The number of nitrogens with zero attached hydrogens (tertiary/aromatic N) is 3. The van der Waals surface area contributed by atoms with E-state index in [1.807, 2.05) is 0 Å². The number of hydrogen-bond acceptors (Lipinski definition) is 6. The van der Waals surface area contributed by atoms with Crippen molar-refractivity contribution in [2.24, 2.45) is 5.10 Å². The number of alkyl halides is 4. The van der Waals surface area contributed by atoms with Crippen molar-refractivity contribution in [2.45, 2.75) is 25.0 Å². The first kappa shape index (κ1) is 23.4. The Morgan fingerprint density at radius 3 is 2.41 bits per heavy atom. The van der Waals surface area contributed by atoms with E-state index in [1.54, 1.807) is 36.4 Å². The minimum Gasteiger partial charge on any atom is -0.493 e. The Morgan fingerprint density at radius 1 is 1.06 bits per heavy atom. The van der Waals surface area contributed by atoms with Crippen molar-refractivity contribution >= 4 is 22.5 Å². The molecule has 1 aliphatic heterocycles.